The molecule has 5 nitrogen and oxygen atoms in total. The van der Waals surface area contributed by atoms with Crippen molar-refractivity contribution in [2.75, 3.05) is 10.6 Å². The van der Waals surface area contributed by atoms with Crippen LogP contribution in [-0.2, 0) is 4.79 Å². The van der Waals surface area contributed by atoms with Crippen molar-refractivity contribution in [3.05, 3.63) is 89.2 Å². The van der Waals surface area contributed by atoms with Gasteiger partial charge in [-0.3, -0.25) is 14.6 Å². The van der Waals surface area contributed by atoms with Crippen LogP contribution < -0.4 is 10.6 Å². The first kappa shape index (κ1) is 19.8. The Morgan fingerprint density at radius 1 is 0.926 bits per heavy atom. The van der Waals surface area contributed by atoms with Crippen molar-refractivity contribution in [2.45, 2.75) is 20.8 Å². The van der Waals surface area contributed by atoms with Gasteiger partial charge in [-0.1, -0.05) is 41.5 Å². The Balaban J connectivity index is 0.000000273. The molecule has 0 bridgehead atoms. The van der Waals surface area contributed by atoms with Crippen LogP contribution in [0.5, 0.6) is 0 Å². The van der Waals surface area contributed by atoms with Gasteiger partial charge < -0.3 is 10.6 Å². The summed E-state index contributed by atoms with van der Waals surface area (Å²) in [7, 11) is 0. The lowest BCUT2D eigenvalue weighted by Crippen LogP contribution is -2.14. The van der Waals surface area contributed by atoms with Gasteiger partial charge in [-0.2, -0.15) is 0 Å². The lowest BCUT2D eigenvalue weighted by molar-refractivity contribution is -0.105. The second-order valence-corrected chi connectivity index (χ2v) is 6.14. The average molecular weight is 361 g/mol. The zero-order valence-electron chi connectivity index (χ0n) is 15.7. The van der Waals surface area contributed by atoms with Crippen molar-refractivity contribution < 1.29 is 9.59 Å². The third-order valence-corrected chi connectivity index (χ3v) is 3.85. The molecule has 2 N–H and O–H groups in total. The van der Waals surface area contributed by atoms with Gasteiger partial charge in [0.2, 0.25) is 6.41 Å². The maximum atomic E-state index is 12.1. The van der Waals surface area contributed by atoms with Crippen molar-refractivity contribution >= 4 is 23.7 Å². The summed E-state index contributed by atoms with van der Waals surface area (Å²) in [5.41, 5.74) is 5.21. The Bertz CT molecular complexity index is 870. The van der Waals surface area contributed by atoms with E-state index < -0.39 is 0 Å². The quantitative estimate of drug-likeness (QED) is 0.672. The molecular weight excluding hydrogens is 338 g/mol. The van der Waals surface area contributed by atoms with Crippen LogP contribution in [0, 0.1) is 20.8 Å². The summed E-state index contributed by atoms with van der Waals surface area (Å²) < 4.78 is 0. The van der Waals surface area contributed by atoms with E-state index in [9.17, 15) is 9.59 Å². The predicted octanol–water partition coefficient (Wildman–Crippen LogP) is 4.51. The van der Waals surface area contributed by atoms with Crippen molar-refractivity contribution in [3.63, 3.8) is 0 Å². The van der Waals surface area contributed by atoms with Crippen LogP contribution in [0.3, 0.4) is 0 Å². The number of benzene rings is 2. The molecule has 1 aromatic heterocycles. The number of hydrogen-bond acceptors (Lipinski definition) is 3. The topological polar surface area (TPSA) is 71.1 Å². The number of aryl methyl sites for hydroxylation is 3. The second kappa shape index (κ2) is 9.87. The van der Waals surface area contributed by atoms with Crippen LogP contribution in [0.2, 0.25) is 0 Å². The Morgan fingerprint density at radius 2 is 1.59 bits per heavy atom. The number of nitrogens with zero attached hydrogens (tertiary/aromatic N) is 1. The molecule has 0 aliphatic rings. The van der Waals surface area contributed by atoms with Gasteiger partial charge in [0.05, 0.1) is 11.9 Å². The van der Waals surface area contributed by atoms with Gasteiger partial charge in [0.15, 0.2) is 0 Å². The highest BCUT2D eigenvalue weighted by Crippen LogP contribution is 2.16. The van der Waals surface area contributed by atoms with Crippen molar-refractivity contribution in [2.24, 2.45) is 0 Å². The fourth-order valence-electron chi connectivity index (χ4n) is 2.30. The number of aromatic nitrogens is 1. The van der Waals surface area contributed by atoms with Crippen molar-refractivity contribution in [1.82, 2.24) is 4.98 Å². The molecule has 3 aromatic rings. The highest BCUT2D eigenvalue weighted by molar-refractivity contribution is 6.05. The van der Waals surface area contributed by atoms with Crippen molar-refractivity contribution in [1.29, 1.82) is 0 Å². The lowest BCUT2D eigenvalue weighted by Gasteiger charge is -2.09. The number of pyridine rings is 1. The zero-order chi connectivity index (χ0) is 19.6. The van der Waals surface area contributed by atoms with Gasteiger partial charge in [-0.05, 0) is 50.6 Å². The Morgan fingerprint density at radius 3 is 2.15 bits per heavy atom. The Kier molecular flexibility index (Phi) is 7.26. The normalized spacial score (nSPS) is 9.59. The van der Waals surface area contributed by atoms with Crippen LogP contribution in [0.1, 0.15) is 27.0 Å². The molecule has 0 saturated carbocycles. The first-order valence-corrected chi connectivity index (χ1v) is 8.55. The van der Waals surface area contributed by atoms with E-state index in [1.54, 1.807) is 42.7 Å². The zero-order valence-corrected chi connectivity index (χ0v) is 15.7. The number of nitrogens with one attached hydrogen (secondary N) is 2. The minimum atomic E-state index is -0.236. The molecule has 1 heterocycles. The number of hydrogen-bond donors (Lipinski definition) is 2. The first-order chi connectivity index (χ1) is 13.0. The molecule has 2 amide bonds. The summed E-state index contributed by atoms with van der Waals surface area (Å²) >= 11 is 0. The summed E-state index contributed by atoms with van der Waals surface area (Å²) in [5, 5.41) is 5.27. The van der Waals surface area contributed by atoms with Crippen LogP contribution in [-0.4, -0.2) is 17.3 Å². The van der Waals surface area contributed by atoms with E-state index in [0.29, 0.717) is 23.3 Å². The lowest BCUT2D eigenvalue weighted by atomic mass is 10.1. The van der Waals surface area contributed by atoms with Gasteiger partial charge in [-0.25, -0.2) is 0 Å². The van der Waals surface area contributed by atoms with Crippen molar-refractivity contribution in [3.8, 4) is 0 Å². The van der Waals surface area contributed by atoms with Crippen LogP contribution in [0.4, 0.5) is 11.4 Å². The highest BCUT2D eigenvalue weighted by atomic mass is 16.1. The van der Waals surface area contributed by atoms with E-state index in [4.69, 9.17) is 0 Å². The van der Waals surface area contributed by atoms with Crippen LogP contribution >= 0.6 is 0 Å². The molecule has 0 atom stereocenters. The Labute approximate surface area is 159 Å². The summed E-state index contributed by atoms with van der Waals surface area (Å²) in [6.07, 6.45) is 3.78. The van der Waals surface area contributed by atoms with E-state index in [2.05, 4.69) is 53.7 Å². The van der Waals surface area contributed by atoms with Crippen LogP contribution in [0.15, 0.2) is 67.0 Å². The molecule has 0 aliphatic carbocycles. The summed E-state index contributed by atoms with van der Waals surface area (Å²) in [6.45, 7) is 6.03. The number of carbonyl (C=O) groups is 2. The monoisotopic (exact) mass is 361 g/mol. The fraction of sp³-hybridized carbons (Fsp3) is 0.136. The summed E-state index contributed by atoms with van der Waals surface area (Å²) in [4.78, 5) is 26.5. The number of rotatable bonds is 4. The molecule has 3 rings (SSSR count). The third kappa shape index (κ3) is 6.40. The molecule has 0 spiro atoms. The van der Waals surface area contributed by atoms with E-state index >= 15 is 0 Å². The molecule has 0 saturated heterocycles. The number of amides is 2. The van der Waals surface area contributed by atoms with Crippen LogP contribution in [0.25, 0.3) is 0 Å². The van der Waals surface area contributed by atoms with Gasteiger partial charge in [0.1, 0.15) is 0 Å². The minimum Gasteiger partial charge on any atom is -0.329 e. The SMILES string of the molecule is Cc1ccc(C)cc1.Cc1ccc(NC=O)cc1C(=O)Nc1cccnc1. The van der Waals surface area contributed by atoms with E-state index in [0.717, 1.165) is 5.56 Å². The largest absolute Gasteiger partial charge is 0.329 e. The molecule has 0 radical (unpaired) electrons. The van der Waals surface area contributed by atoms with Gasteiger partial charge in [-0.15, -0.1) is 0 Å². The van der Waals surface area contributed by atoms with E-state index in [-0.39, 0.29) is 5.91 Å². The highest BCUT2D eigenvalue weighted by Gasteiger charge is 2.10. The molecule has 2 aromatic carbocycles. The maximum absolute atomic E-state index is 12.1. The molecule has 0 fully saturated rings. The summed E-state index contributed by atoms with van der Waals surface area (Å²) in [5.74, 6) is -0.236. The molecule has 27 heavy (non-hydrogen) atoms. The second-order valence-electron chi connectivity index (χ2n) is 6.14. The van der Waals surface area contributed by atoms with Gasteiger partial charge in [0, 0.05) is 17.4 Å². The molecule has 138 valence electrons. The molecule has 5 heteroatoms. The number of anilines is 2. The predicted molar refractivity (Wildman–Crippen MR) is 109 cm³/mol. The molecule has 0 unspecified atom stereocenters. The van der Waals surface area contributed by atoms with Gasteiger partial charge in [0.25, 0.3) is 5.91 Å². The minimum absolute atomic E-state index is 0.236. The van der Waals surface area contributed by atoms with E-state index in [1.165, 1.54) is 11.1 Å². The average Bonchev–Trinajstić information content (AvgIpc) is 2.67. The fourth-order valence-corrected chi connectivity index (χ4v) is 2.30. The smallest absolute Gasteiger partial charge is 0.256 e. The van der Waals surface area contributed by atoms with E-state index in [1.807, 2.05) is 6.92 Å². The third-order valence-electron chi connectivity index (χ3n) is 3.85. The number of carbonyl (C=O) groups excluding carboxylic acids is 2. The molecular formula is C22H23N3O2. The Hall–Kier alpha value is -3.47. The molecule has 0 aliphatic heterocycles. The van der Waals surface area contributed by atoms with Gasteiger partial charge >= 0.3 is 0 Å². The standard InChI is InChI=1S/C14H13N3O2.C8H10/c1-10-4-5-11(16-9-18)7-13(10)14(19)17-12-3-2-6-15-8-12;1-7-3-5-8(2)6-4-7/h2-9H,1H3,(H,16,18)(H,17,19);3-6H,1-2H3. The summed E-state index contributed by atoms with van der Waals surface area (Å²) in [6, 6.07) is 17.1. The first-order valence-electron chi connectivity index (χ1n) is 8.55. The maximum Gasteiger partial charge on any atom is 0.256 e.